The summed E-state index contributed by atoms with van der Waals surface area (Å²) in [6, 6.07) is 5.76. The van der Waals surface area contributed by atoms with Gasteiger partial charge in [-0.05, 0) is 12.1 Å². The van der Waals surface area contributed by atoms with E-state index in [1.807, 2.05) is 18.2 Å². The minimum Gasteiger partial charge on any atom is -0.486 e. The predicted octanol–water partition coefficient (Wildman–Crippen LogP) is 1.69. The normalized spacial score (nSPS) is 13.8. The van der Waals surface area contributed by atoms with Gasteiger partial charge in [-0.1, -0.05) is 6.07 Å². The van der Waals surface area contributed by atoms with Crippen molar-refractivity contribution in [3.63, 3.8) is 0 Å². The second kappa shape index (κ2) is 3.44. The number of hydrogen-bond donors (Lipinski definition) is 1. The van der Waals surface area contributed by atoms with Crippen molar-refractivity contribution in [3.8, 4) is 22.8 Å². The van der Waals surface area contributed by atoms with Gasteiger partial charge in [0.25, 0.3) is 6.01 Å². The first kappa shape index (κ1) is 9.08. The van der Waals surface area contributed by atoms with Crippen LogP contribution in [-0.4, -0.2) is 18.2 Å². The summed E-state index contributed by atoms with van der Waals surface area (Å²) < 4.78 is 16.3. The molecule has 2 heterocycles. The zero-order chi connectivity index (χ0) is 11.0. The fourth-order valence-electron chi connectivity index (χ4n) is 1.68. The van der Waals surface area contributed by atoms with E-state index in [4.69, 9.17) is 19.6 Å². The summed E-state index contributed by atoms with van der Waals surface area (Å²) in [4.78, 5) is 3.86. The van der Waals surface area contributed by atoms with Gasteiger partial charge in [-0.2, -0.15) is 0 Å². The number of para-hydroxylation sites is 1. The summed E-state index contributed by atoms with van der Waals surface area (Å²) in [7, 11) is 0. The van der Waals surface area contributed by atoms with E-state index >= 15 is 0 Å². The maximum absolute atomic E-state index is 5.56. The van der Waals surface area contributed by atoms with Gasteiger partial charge in [0.05, 0.1) is 11.8 Å². The highest BCUT2D eigenvalue weighted by Crippen LogP contribution is 2.39. The van der Waals surface area contributed by atoms with Crippen molar-refractivity contribution in [2.24, 2.45) is 0 Å². The Kier molecular flexibility index (Phi) is 1.96. The molecule has 1 aromatic carbocycles. The summed E-state index contributed by atoms with van der Waals surface area (Å²) in [5.41, 5.74) is 6.25. The number of benzene rings is 1. The van der Waals surface area contributed by atoms with Crippen LogP contribution in [0.15, 0.2) is 28.8 Å². The van der Waals surface area contributed by atoms with Crippen molar-refractivity contribution in [3.05, 3.63) is 24.4 Å². The van der Waals surface area contributed by atoms with Crippen molar-refractivity contribution in [2.45, 2.75) is 0 Å². The zero-order valence-corrected chi connectivity index (χ0v) is 8.47. The van der Waals surface area contributed by atoms with E-state index in [0.29, 0.717) is 24.7 Å². The van der Waals surface area contributed by atoms with Gasteiger partial charge >= 0.3 is 0 Å². The van der Waals surface area contributed by atoms with Crippen LogP contribution in [0, 0.1) is 0 Å². The molecule has 5 nitrogen and oxygen atoms in total. The van der Waals surface area contributed by atoms with E-state index in [1.54, 1.807) is 6.20 Å². The maximum Gasteiger partial charge on any atom is 0.292 e. The average Bonchev–Trinajstić information content (AvgIpc) is 2.75. The maximum atomic E-state index is 5.56. The lowest BCUT2D eigenvalue weighted by Crippen LogP contribution is -2.15. The molecule has 1 aromatic heterocycles. The van der Waals surface area contributed by atoms with E-state index in [0.717, 1.165) is 11.3 Å². The minimum absolute atomic E-state index is 0.143. The molecule has 0 atom stereocenters. The third-order valence-electron chi connectivity index (χ3n) is 2.36. The summed E-state index contributed by atoms with van der Waals surface area (Å²) in [6.45, 7) is 1.10. The zero-order valence-electron chi connectivity index (χ0n) is 8.47. The van der Waals surface area contributed by atoms with Gasteiger partial charge < -0.3 is 19.6 Å². The lowest BCUT2D eigenvalue weighted by Gasteiger charge is -2.19. The van der Waals surface area contributed by atoms with Crippen LogP contribution in [-0.2, 0) is 0 Å². The Hall–Kier alpha value is -2.17. The second-order valence-corrected chi connectivity index (χ2v) is 3.39. The number of aromatic nitrogens is 1. The molecule has 0 unspecified atom stereocenters. The Morgan fingerprint density at radius 2 is 2.06 bits per heavy atom. The van der Waals surface area contributed by atoms with E-state index < -0.39 is 0 Å². The van der Waals surface area contributed by atoms with Gasteiger partial charge in [0.2, 0.25) is 0 Å². The predicted molar refractivity (Wildman–Crippen MR) is 57.3 cm³/mol. The van der Waals surface area contributed by atoms with Crippen LogP contribution in [0.3, 0.4) is 0 Å². The molecule has 0 spiro atoms. The lowest BCUT2D eigenvalue weighted by atomic mass is 10.1. The lowest BCUT2D eigenvalue weighted by molar-refractivity contribution is 0.172. The van der Waals surface area contributed by atoms with Gasteiger partial charge in [-0.3, -0.25) is 0 Å². The molecule has 5 heteroatoms. The van der Waals surface area contributed by atoms with Crippen LogP contribution in [0.1, 0.15) is 0 Å². The third-order valence-corrected chi connectivity index (χ3v) is 2.36. The Labute approximate surface area is 91.8 Å². The van der Waals surface area contributed by atoms with Crippen LogP contribution < -0.4 is 15.2 Å². The Morgan fingerprint density at radius 1 is 1.19 bits per heavy atom. The fourth-order valence-corrected chi connectivity index (χ4v) is 1.68. The molecule has 0 saturated heterocycles. The second-order valence-electron chi connectivity index (χ2n) is 3.39. The van der Waals surface area contributed by atoms with Crippen molar-refractivity contribution in [2.75, 3.05) is 18.9 Å². The number of oxazole rings is 1. The molecule has 0 saturated carbocycles. The van der Waals surface area contributed by atoms with Crippen molar-refractivity contribution in [1.82, 2.24) is 4.98 Å². The summed E-state index contributed by atoms with van der Waals surface area (Å²) in [5, 5.41) is 0. The highest BCUT2D eigenvalue weighted by atomic mass is 16.6. The van der Waals surface area contributed by atoms with E-state index in [2.05, 4.69) is 4.98 Å². The van der Waals surface area contributed by atoms with Crippen molar-refractivity contribution in [1.29, 1.82) is 0 Å². The van der Waals surface area contributed by atoms with Crippen molar-refractivity contribution < 1.29 is 13.9 Å². The number of hydrogen-bond acceptors (Lipinski definition) is 5. The number of nitrogen functional groups attached to an aromatic ring is 1. The molecule has 1 aliphatic rings. The number of nitrogens with two attached hydrogens (primary N) is 1. The summed E-state index contributed by atoms with van der Waals surface area (Å²) in [6.07, 6.45) is 1.57. The van der Waals surface area contributed by atoms with Gasteiger partial charge in [0, 0.05) is 0 Å². The molecule has 2 aromatic rings. The Morgan fingerprint density at radius 3 is 2.88 bits per heavy atom. The number of nitrogens with zero attached hydrogens (tertiary/aromatic N) is 1. The molecule has 0 radical (unpaired) electrons. The monoisotopic (exact) mass is 218 g/mol. The smallest absolute Gasteiger partial charge is 0.292 e. The highest BCUT2D eigenvalue weighted by molar-refractivity contribution is 5.70. The molecular weight excluding hydrogens is 208 g/mol. The number of rotatable bonds is 1. The Bertz CT molecular complexity index is 522. The fraction of sp³-hybridized carbons (Fsp3) is 0.182. The largest absolute Gasteiger partial charge is 0.486 e. The molecule has 82 valence electrons. The quantitative estimate of drug-likeness (QED) is 0.788. The van der Waals surface area contributed by atoms with Crippen LogP contribution in [0.2, 0.25) is 0 Å². The molecule has 2 N–H and O–H groups in total. The van der Waals surface area contributed by atoms with Crippen LogP contribution in [0.4, 0.5) is 6.01 Å². The van der Waals surface area contributed by atoms with E-state index in [-0.39, 0.29) is 6.01 Å². The first-order valence-corrected chi connectivity index (χ1v) is 4.95. The molecule has 0 aliphatic carbocycles. The molecule has 1 aliphatic heterocycles. The molecular formula is C11H10N2O3. The number of anilines is 1. The number of ether oxygens (including phenoxy) is 2. The summed E-state index contributed by atoms with van der Waals surface area (Å²) >= 11 is 0. The number of fused-ring (bicyclic) bond motifs is 1. The van der Waals surface area contributed by atoms with Gasteiger partial charge in [-0.15, -0.1) is 0 Å². The summed E-state index contributed by atoms with van der Waals surface area (Å²) in [5.74, 6) is 1.99. The molecule has 16 heavy (non-hydrogen) atoms. The van der Waals surface area contributed by atoms with Crippen molar-refractivity contribution >= 4 is 6.01 Å². The third kappa shape index (κ3) is 1.37. The topological polar surface area (TPSA) is 70.5 Å². The average molecular weight is 218 g/mol. The van der Waals surface area contributed by atoms with Gasteiger partial charge in [0.15, 0.2) is 17.3 Å². The highest BCUT2D eigenvalue weighted by Gasteiger charge is 2.18. The van der Waals surface area contributed by atoms with E-state index in [9.17, 15) is 0 Å². The first-order chi connectivity index (χ1) is 7.84. The van der Waals surface area contributed by atoms with Gasteiger partial charge in [0.1, 0.15) is 13.2 Å². The molecule has 0 bridgehead atoms. The standard InChI is InChI=1S/C11H10N2O3/c12-11-13-6-9(16-11)7-2-1-3-8-10(7)15-5-4-14-8/h1-3,6H,4-5H2,(H2,12,13). The van der Waals surface area contributed by atoms with Crippen LogP contribution >= 0.6 is 0 Å². The molecule has 0 fully saturated rings. The Balaban J connectivity index is 2.13. The van der Waals surface area contributed by atoms with E-state index in [1.165, 1.54) is 0 Å². The van der Waals surface area contributed by atoms with Crippen LogP contribution in [0.25, 0.3) is 11.3 Å². The SMILES string of the molecule is Nc1ncc(-c2cccc3c2OCCO3)o1. The molecule has 0 amide bonds. The first-order valence-electron chi connectivity index (χ1n) is 4.95. The van der Waals surface area contributed by atoms with Crippen LogP contribution in [0.5, 0.6) is 11.5 Å². The molecule has 3 rings (SSSR count). The minimum atomic E-state index is 0.143. The van der Waals surface area contributed by atoms with Gasteiger partial charge in [-0.25, -0.2) is 4.98 Å².